The minimum Gasteiger partial charge on any atom is -0.364 e. The third-order valence-corrected chi connectivity index (χ3v) is 3.51. The maximum absolute atomic E-state index is 13.0. The van der Waals surface area contributed by atoms with Crippen LogP contribution in [0.2, 0.25) is 0 Å². The Kier molecular flexibility index (Phi) is 7.41. The van der Waals surface area contributed by atoms with Crippen molar-refractivity contribution >= 4 is 29.9 Å². The van der Waals surface area contributed by atoms with E-state index in [1.165, 1.54) is 30.1 Å². The van der Waals surface area contributed by atoms with Gasteiger partial charge in [0.15, 0.2) is 0 Å². The van der Waals surface area contributed by atoms with Gasteiger partial charge in [0.05, 0.1) is 12.6 Å². The summed E-state index contributed by atoms with van der Waals surface area (Å²) in [5, 5.41) is 2.55. The molecule has 23 heavy (non-hydrogen) atoms. The van der Waals surface area contributed by atoms with Gasteiger partial charge < -0.3 is 20.7 Å². The van der Waals surface area contributed by atoms with Crippen molar-refractivity contribution in [3.63, 3.8) is 0 Å². The summed E-state index contributed by atoms with van der Waals surface area (Å²) in [6, 6.07) is 5.58. The second-order valence-corrected chi connectivity index (χ2v) is 5.31. The third kappa shape index (κ3) is 5.46. The van der Waals surface area contributed by atoms with Crippen LogP contribution in [0.25, 0.3) is 0 Å². The van der Waals surface area contributed by atoms with E-state index in [9.17, 15) is 14.0 Å². The number of carbonyl (C=O) groups is 2. The normalized spacial score (nSPS) is 19.8. The fraction of sp³-hybridized carbons (Fsp3) is 0.467. The Morgan fingerprint density at radius 2 is 2.17 bits per heavy atom. The molecular formula is C15H21ClFN3O3. The molecule has 1 aliphatic heterocycles. The second kappa shape index (κ2) is 8.81. The van der Waals surface area contributed by atoms with Gasteiger partial charge in [-0.05, 0) is 31.0 Å². The predicted octanol–water partition coefficient (Wildman–Crippen LogP) is 1.15. The van der Waals surface area contributed by atoms with Crippen LogP contribution in [0.1, 0.15) is 12.8 Å². The highest BCUT2D eigenvalue weighted by Crippen LogP contribution is 2.20. The number of likely N-dealkylation sites (N-methyl/N-ethyl adjacent to an activating group) is 1. The number of amides is 2. The highest BCUT2D eigenvalue weighted by atomic mass is 35.5. The maximum Gasteiger partial charge on any atom is 0.251 e. The minimum atomic E-state index is -0.541. The number of hydrogen-bond donors (Lipinski definition) is 2. The molecule has 1 aromatic carbocycles. The largest absolute Gasteiger partial charge is 0.364 e. The second-order valence-electron chi connectivity index (χ2n) is 5.31. The summed E-state index contributed by atoms with van der Waals surface area (Å²) < 4.78 is 18.6. The number of nitrogens with zero attached hydrogens (tertiary/aromatic N) is 1. The average molecular weight is 346 g/mol. The Balaban J connectivity index is 0.00000264. The van der Waals surface area contributed by atoms with Crippen molar-refractivity contribution in [2.75, 3.05) is 25.5 Å². The van der Waals surface area contributed by atoms with Crippen LogP contribution in [-0.4, -0.2) is 49.1 Å². The average Bonchev–Trinajstić information content (AvgIpc) is 2.95. The Bertz CT molecular complexity index is 559. The molecule has 0 radical (unpaired) electrons. The summed E-state index contributed by atoms with van der Waals surface area (Å²) in [7, 11) is 1.53. The maximum atomic E-state index is 13.0. The molecule has 2 amide bonds. The third-order valence-electron chi connectivity index (χ3n) is 3.51. The number of nitrogens with two attached hydrogens (primary N) is 1. The summed E-state index contributed by atoms with van der Waals surface area (Å²) in [6.07, 6.45) is 0.719. The van der Waals surface area contributed by atoms with Gasteiger partial charge in [-0.3, -0.25) is 9.59 Å². The van der Waals surface area contributed by atoms with E-state index in [4.69, 9.17) is 10.5 Å². The van der Waals surface area contributed by atoms with Crippen LogP contribution in [-0.2, 0) is 14.3 Å². The molecule has 0 spiro atoms. The molecule has 8 heteroatoms. The zero-order chi connectivity index (χ0) is 16.1. The van der Waals surface area contributed by atoms with Crippen molar-refractivity contribution < 1.29 is 18.7 Å². The highest BCUT2D eigenvalue weighted by molar-refractivity contribution is 5.95. The number of ether oxygens (including phenoxy) is 1. The van der Waals surface area contributed by atoms with Gasteiger partial charge in [0, 0.05) is 19.3 Å². The van der Waals surface area contributed by atoms with E-state index in [1.807, 2.05) is 0 Å². The van der Waals surface area contributed by atoms with Gasteiger partial charge in [-0.2, -0.15) is 0 Å². The first-order chi connectivity index (χ1) is 10.5. The molecule has 3 N–H and O–H groups in total. The quantitative estimate of drug-likeness (QED) is 0.838. The molecule has 0 bridgehead atoms. The highest BCUT2D eigenvalue weighted by Gasteiger charge is 2.32. The van der Waals surface area contributed by atoms with Crippen LogP contribution < -0.4 is 11.1 Å². The first kappa shape index (κ1) is 19.3. The SMILES string of the molecule is CN(CC(=O)Nc1cccc(F)c1)C(=O)[C@@H]1CC[C@H](CN)O1.Cl. The summed E-state index contributed by atoms with van der Waals surface area (Å²) in [6.45, 7) is 0.260. The van der Waals surface area contributed by atoms with Crippen molar-refractivity contribution in [3.05, 3.63) is 30.1 Å². The molecular weight excluding hydrogens is 325 g/mol. The summed E-state index contributed by atoms with van der Waals surface area (Å²) in [5.74, 6) is -1.07. The first-order valence-electron chi connectivity index (χ1n) is 7.15. The predicted molar refractivity (Wildman–Crippen MR) is 86.9 cm³/mol. The molecule has 6 nitrogen and oxygen atoms in total. The lowest BCUT2D eigenvalue weighted by Crippen LogP contribution is -2.41. The van der Waals surface area contributed by atoms with Gasteiger partial charge in [-0.25, -0.2) is 4.39 Å². The van der Waals surface area contributed by atoms with Gasteiger partial charge in [-0.1, -0.05) is 6.07 Å². The van der Waals surface area contributed by atoms with Gasteiger partial charge in [0.2, 0.25) is 5.91 Å². The summed E-state index contributed by atoms with van der Waals surface area (Å²) in [5.41, 5.74) is 5.86. The topological polar surface area (TPSA) is 84.7 Å². The van der Waals surface area contributed by atoms with Crippen LogP contribution in [0.3, 0.4) is 0 Å². The molecule has 1 fully saturated rings. The Morgan fingerprint density at radius 1 is 1.43 bits per heavy atom. The Morgan fingerprint density at radius 3 is 2.78 bits per heavy atom. The van der Waals surface area contributed by atoms with E-state index in [-0.39, 0.29) is 31.0 Å². The number of hydrogen-bond acceptors (Lipinski definition) is 4. The molecule has 1 saturated heterocycles. The van der Waals surface area contributed by atoms with Crippen LogP contribution in [0, 0.1) is 5.82 Å². The number of halogens is 2. The number of rotatable bonds is 5. The van der Waals surface area contributed by atoms with E-state index in [1.54, 1.807) is 6.07 Å². The van der Waals surface area contributed by atoms with Gasteiger partial charge >= 0.3 is 0 Å². The zero-order valence-corrected chi connectivity index (χ0v) is 13.6. The summed E-state index contributed by atoms with van der Waals surface area (Å²) in [4.78, 5) is 25.4. The Labute approximate surface area is 140 Å². The van der Waals surface area contributed by atoms with Crippen molar-refractivity contribution in [3.8, 4) is 0 Å². The lowest BCUT2D eigenvalue weighted by molar-refractivity contribution is -0.143. The van der Waals surface area contributed by atoms with Gasteiger partial charge in [-0.15, -0.1) is 12.4 Å². The van der Waals surface area contributed by atoms with Crippen molar-refractivity contribution in [2.24, 2.45) is 5.73 Å². The fourth-order valence-electron chi connectivity index (χ4n) is 2.37. The van der Waals surface area contributed by atoms with Crippen LogP contribution in [0.5, 0.6) is 0 Å². The zero-order valence-electron chi connectivity index (χ0n) is 12.8. The summed E-state index contributed by atoms with van der Waals surface area (Å²) >= 11 is 0. The lowest BCUT2D eigenvalue weighted by Gasteiger charge is -2.20. The monoisotopic (exact) mass is 345 g/mol. The molecule has 2 atom stereocenters. The van der Waals surface area contributed by atoms with Crippen LogP contribution >= 0.6 is 12.4 Å². The van der Waals surface area contributed by atoms with E-state index in [0.29, 0.717) is 18.7 Å². The molecule has 0 unspecified atom stereocenters. The van der Waals surface area contributed by atoms with Crippen molar-refractivity contribution in [1.29, 1.82) is 0 Å². The molecule has 0 saturated carbocycles. The molecule has 0 aromatic heterocycles. The standard InChI is InChI=1S/C15H20FN3O3.ClH/c1-19(15(21)13-6-5-12(8-17)22-13)9-14(20)18-11-4-2-3-10(16)7-11;/h2-4,7,12-13H,5-6,8-9,17H2,1H3,(H,18,20);1H/t12-,13+;/m1./s1. The molecule has 1 aromatic rings. The van der Waals surface area contributed by atoms with Crippen molar-refractivity contribution in [1.82, 2.24) is 4.90 Å². The van der Waals surface area contributed by atoms with Gasteiger partial charge in [0.25, 0.3) is 5.91 Å². The van der Waals surface area contributed by atoms with Crippen LogP contribution in [0.4, 0.5) is 10.1 Å². The van der Waals surface area contributed by atoms with E-state index < -0.39 is 17.8 Å². The van der Waals surface area contributed by atoms with E-state index in [0.717, 1.165) is 6.42 Å². The Hall–Kier alpha value is -1.70. The number of anilines is 1. The fourth-order valence-corrected chi connectivity index (χ4v) is 2.37. The van der Waals surface area contributed by atoms with Gasteiger partial charge in [0.1, 0.15) is 11.9 Å². The minimum absolute atomic E-state index is 0. The smallest absolute Gasteiger partial charge is 0.251 e. The lowest BCUT2D eigenvalue weighted by atomic mass is 10.2. The number of nitrogens with one attached hydrogen (secondary N) is 1. The van der Waals surface area contributed by atoms with E-state index in [2.05, 4.69) is 5.32 Å². The van der Waals surface area contributed by atoms with Crippen LogP contribution in [0.15, 0.2) is 24.3 Å². The molecule has 0 aliphatic carbocycles. The number of benzene rings is 1. The molecule has 1 heterocycles. The van der Waals surface area contributed by atoms with E-state index >= 15 is 0 Å². The molecule has 128 valence electrons. The van der Waals surface area contributed by atoms with Crippen molar-refractivity contribution in [2.45, 2.75) is 25.0 Å². The molecule has 1 aliphatic rings. The molecule has 2 rings (SSSR count). The number of carbonyl (C=O) groups excluding carboxylic acids is 2. The first-order valence-corrected chi connectivity index (χ1v) is 7.15.